The number of amides is 2. The van der Waals surface area contributed by atoms with Gasteiger partial charge in [0, 0.05) is 56.6 Å². The largest absolute Gasteiger partial charge is 0.369 e. The van der Waals surface area contributed by atoms with E-state index in [0.29, 0.717) is 25.9 Å². The van der Waals surface area contributed by atoms with Crippen molar-refractivity contribution in [1.82, 2.24) is 14.5 Å². The summed E-state index contributed by atoms with van der Waals surface area (Å²) in [7, 11) is -3.89. The van der Waals surface area contributed by atoms with E-state index in [0.717, 1.165) is 36.2 Å². The Morgan fingerprint density at radius 3 is 2.39 bits per heavy atom. The summed E-state index contributed by atoms with van der Waals surface area (Å²) >= 11 is 0. The van der Waals surface area contributed by atoms with Gasteiger partial charge >= 0.3 is 0 Å². The Labute approximate surface area is 192 Å². The second-order valence-electron chi connectivity index (χ2n) is 8.61. The fraction of sp³-hybridized carbons (Fsp3) is 0.391. The SMILES string of the molecule is O=C(NCCN1CCN(c2ccc(F)cc2)CC1)c1ccc2c(c1)S(=O)(=O)N(C1CC1)C2=O. The van der Waals surface area contributed by atoms with Gasteiger partial charge in [0.25, 0.3) is 21.8 Å². The van der Waals surface area contributed by atoms with Crippen molar-refractivity contribution in [2.75, 3.05) is 44.2 Å². The van der Waals surface area contributed by atoms with Crippen molar-refractivity contribution < 1.29 is 22.4 Å². The number of nitrogens with one attached hydrogen (secondary N) is 1. The van der Waals surface area contributed by atoms with Gasteiger partial charge in [-0.15, -0.1) is 0 Å². The van der Waals surface area contributed by atoms with Crippen LogP contribution >= 0.6 is 0 Å². The number of carbonyl (C=O) groups is 2. The number of nitrogens with zero attached hydrogens (tertiary/aromatic N) is 3. The Bertz CT molecular complexity index is 1190. The maximum absolute atomic E-state index is 13.1. The van der Waals surface area contributed by atoms with E-state index in [1.165, 1.54) is 30.3 Å². The molecule has 1 saturated carbocycles. The van der Waals surface area contributed by atoms with Crippen molar-refractivity contribution in [3.05, 3.63) is 59.4 Å². The molecule has 0 atom stereocenters. The first-order valence-corrected chi connectivity index (χ1v) is 12.5. The number of hydrogen-bond acceptors (Lipinski definition) is 6. The summed E-state index contributed by atoms with van der Waals surface area (Å²) in [4.78, 5) is 29.4. The zero-order valence-corrected chi connectivity index (χ0v) is 18.9. The first-order chi connectivity index (χ1) is 15.8. The third-order valence-corrected chi connectivity index (χ3v) is 8.24. The van der Waals surface area contributed by atoms with Gasteiger partial charge in [-0.1, -0.05) is 0 Å². The Balaban J connectivity index is 1.14. The molecule has 2 aromatic rings. The van der Waals surface area contributed by atoms with Crippen LogP contribution in [-0.2, 0) is 10.0 Å². The average Bonchev–Trinajstić information content (AvgIpc) is 3.61. The van der Waals surface area contributed by atoms with Crippen LogP contribution in [0.4, 0.5) is 10.1 Å². The van der Waals surface area contributed by atoms with Crippen LogP contribution in [0.1, 0.15) is 33.6 Å². The Hall–Kier alpha value is -2.98. The van der Waals surface area contributed by atoms with E-state index in [9.17, 15) is 22.4 Å². The highest BCUT2D eigenvalue weighted by atomic mass is 32.2. The number of rotatable bonds is 6. The third kappa shape index (κ3) is 4.20. The number of benzene rings is 2. The van der Waals surface area contributed by atoms with Gasteiger partial charge in [0.05, 0.1) is 5.56 Å². The predicted octanol–water partition coefficient (Wildman–Crippen LogP) is 1.68. The molecule has 0 radical (unpaired) electrons. The van der Waals surface area contributed by atoms with Crippen LogP contribution in [0.25, 0.3) is 0 Å². The van der Waals surface area contributed by atoms with Crippen molar-refractivity contribution >= 4 is 27.5 Å². The molecule has 2 fully saturated rings. The second-order valence-corrected chi connectivity index (χ2v) is 10.4. The number of anilines is 1. The van der Waals surface area contributed by atoms with Crippen LogP contribution in [-0.4, -0.2) is 74.7 Å². The molecule has 0 spiro atoms. The highest BCUT2D eigenvalue weighted by molar-refractivity contribution is 7.90. The maximum atomic E-state index is 13.1. The van der Waals surface area contributed by atoms with Crippen LogP contribution in [0.3, 0.4) is 0 Å². The van der Waals surface area contributed by atoms with Crippen LogP contribution in [0, 0.1) is 5.82 Å². The van der Waals surface area contributed by atoms with Crippen LogP contribution in [0.15, 0.2) is 47.4 Å². The van der Waals surface area contributed by atoms with E-state index in [1.807, 2.05) is 0 Å². The van der Waals surface area contributed by atoms with Gasteiger partial charge in [0.15, 0.2) is 0 Å². The first-order valence-electron chi connectivity index (χ1n) is 11.1. The Morgan fingerprint density at radius 2 is 1.73 bits per heavy atom. The molecular weight excluding hydrogens is 447 g/mol. The minimum Gasteiger partial charge on any atom is -0.369 e. The fourth-order valence-corrected chi connectivity index (χ4v) is 6.21. The molecule has 2 heterocycles. The zero-order valence-electron chi connectivity index (χ0n) is 18.0. The monoisotopic (exact) mass is 472 g/mol. The van der Waals surface area contributed by atoms with Crippen molar-refractivity contribution in [3.8, 4) is 0 Å². The Kier molecular flexibility index (Phi) is 5.57. The molecule has 0 aromatic heterocycles. The Morgan fingerprint density at radius 1 is 1.03 bits per heavy atom. The molecule has 33 heavy (non-hydrogen) atoms. The molecule has 5 rings (SSSR count). The number of halogens is 1. The number of carbonyl (C=O) groups excluding carboxylic acids is 2. The summed E-state index contributed by atoms with van der Waals surface area (Å²) in [6.07, 6.45) is 1.37. The zero-order chi connectivity index (χ0) is 23.2. The quantitative estimate of drug-likeness (QED) is 0.688. The average molecular weight is 473 g/mol. The molecule has 10 heteroatoms. The third-order valence-electron chi connectivity index (χ3n) is 6.37. The van der Waals surface area contributed by atoms with E-state index in [4.69, 9.17) is 0 Å². The molecule has 0 bridgehead atoms. The van der Waals surface area contributed by atoms with Gasteiger partial charge in [0.1, 0.15) is 10.7 Å². The van der Waals surface area contributed by atoms with Crippen molar-refractivity contribution in [3.63, 3.8) is 0 Å². The van der Waals surface area contributed by atoms with E-state index in [1.54, 1.807) is 12.1 Å². The fourth-order valence-electron chi connectivity index (χ4n) is 4.37. The van der Waals surface area contributed by atoms with Gasteiger partial charge in [-0.2, -0.15) is 0 Å². The highest BCUT2D eigenvalue weighted by Gasteiger charge is 2.48. The topological polar surface area (TPSA) is 90.0 Å². The number of hydrogen-bond donors (Lipinski definition) is 1. The van der Waals surface area contributed by atoms with Crippen LogP contribution < -0.4 is 10.2 Å². The molecule has 1 aliphatic carbocycles. The smallest absolute Gasteiger partial charge is 0.269 e. The highest BCUT2D eigenvalue weighted by Crippen LogP contribution is 2.39. The van der Waals surface area contributed by atoms with Gasteiger partial charge in [-0.25, -0.2) is 17.1 Å². The van der Waals surface area contributed by atoms with E-state index in [-0.39, 0.29) is 33.8 Å². The summed E-state index contributed by atoms with van der Waals surface area (Å²) in [5, 5.41) is 2.84. The summed E-state index contributed by atoms with van der Waals surface area (Å²) in [5.74, 6) is -1.12. The summed E-state index contributed by atoms with van der Waals surface area (Å²) in [6.45, 7) is 4.36. The van der Waals surface area contributed by atoms with Gasteiger partial charge in [-0.05, 0) is 55.3 Å². The van der Waals surface area contributed by atoms with Crippen LogP contribution in [0.2, 0.25) is 0 Å². The minimum absolute atomic E-state index is 0.0797. The first kappa shape index (κ1) is 21.8. The molecule has 2 amide bonds. The number of fused-ring (bicyclic) bond motifs is 1. The maximum Gasteiger partial charge on any atom is 0.269 e. The lowest BCUT2D eigenvalue weighted by Gasteiger charge is -2.36. The van der Waals surface area contributed by atoms with Crippen LogP contribution in [0.5, 0.6) is 0 Å². The molecule has 174 valence electrons. The number of piperazine rings is 1. The predicted molar refractivity (Wildman–Crippen MR) is 120 cm³/mol. The second kappa shape index (κ2) is 8.42. The molecule has 8 nitrogen and oxygen atoms in total. The summed E-state index contributed by atoms with van der Waals surface area (Å²) < 4.78 is 39.6. The van der Waals surface area contributed by atoms with E-state index < -0.39 is 15.9 Å². The summed E-state index contributed by atoms with van der Waals surface area (Å²) in [6, 6.07) is 10.5. The van der Waals surface area contributed by atoms with Gasteiger partial charge in [0.2, 0.25) is 0 Å². The lowest BCUT2D eigenvalue weighted by Crippen LogP contribution is -2.48. The van der Waals surface area contributed by atoms with Gasteiger partial charge < -0.3 is 10.2 Å². The molecule has 3 aliphatic rings. The van der Waals surface area contributed by atoms with E-state index in [2.05, 4.69) is 15.1 Å². The lowest BCUT2D eigenvalue weighted by molar-refractivity contribution is 0.0863. The van der Waals surface area contributed by atoms with Crippen molar-refractivity contribution in [1.29, 1.82) is 0 Å². The lowest BCUT2D eigenvalue weighted by atomic mass is 10.1. The number of sulfonamides is 1. The van der Waals surface area contributed by atoms with Gasteiger partial charge in [-0.3, -0.25) is 14.5 Å². The van der Waals surface area contributed by atoms with Crippen molar-refractivity contribution in [2.24, 2.45) is 0 Å². The molecular formula is C23H25FN4O4S. The molecule has 1 N–H and O–H groups in total. The normalized spacial score (nSPS) is 20.1. The molecule has 0 unspecified atom stereocenters. The molecule has 2 aliphatic heterocycles. The summed E-state index contributed by atoms with van der Waals surface area (Å²) in [5.41, 5.74) is 1.36. The minimum atomic E-state index is -3.89. The standard InChI is InChI=1S/C23H25FN4O4S/c24-17-2-4-18(5-3-17)27-13-11-26(12-14-27)10-9-25-22(29)16-1-8-20-21(15-16)33(31,32)28(23(20)30)19-6-7-19/h1-5,8,15,19H,6-7,9-14H2,(H,25,29). The molecule has 2 aromatic carbocycles. The van der Waals surface area contributed by atoms with Crippen molar-refractivity contribution in [2.45, 2.75) is 23.8 Å². The molecule has 1 saturated heterocycles. The van der Waals surface area contributed by atoms with E-state index >= 15 is 0 Å².